The van der Waals surface area contributed by atoms with E-state index in [-0.39, 0.29) is 0 Å². The van der Waals surface area contributed by atoms with E-state index in [9.17, 15) is 0 Å². The average molecular weight is 178 g/mol. The maximum absolute atomic E-state index is 5.43. The minimum atomic E-state index is 0.423. The highest BCUT2D eigenvalue weighted by atomic mass is 15.4. The van der Waals surface area contributed by atoms with Crippen LogP contribution in [0.3, 0.4) is 0 Å². The molecule has 0 atom stereocenters. The Kier molecular flexibility index (Phi) is 1.73. The van der Waals surface area contributed by atoms with E-state index >= 15 is 0 Å². The molecule has 0 unspecified atom stereocenters. The Bertz CT molecular complexity index is 362. The van der Waals surface area contributed by atoms with Crippen LogP contribution in [-0.2, 0) is 6.54 Å². The van der Waals surface area contributed by atoms with Gasteiger partial charge in [-0.3, -0.25) is 0 Å². The lowest BCUT2D eigenvalue weighted by Crippen LogP contribution is -2.00. The van der Waals surface area contributed by atoms with E-state index in [4.69, 9.17) is 5.73 Å². The van der Waals surface area contributed by atoms with Crippen molar-refractivity contribution in [3.8, 4) is 0 Å². The van der Waals surface area contributed by atoms with Crippen molar-refractivity contribution in [3.63, 3.8) is 0 Å². The van der Waals surface area contributed by atoms with Crippen LogP contribution < -0.4 is 5.73 Å². The Hall–Kier alpha value is -1.85. The van der Waals surface area contributed by atoms with Gasteiger partial charge in [0.05, 0.1) is 17.9 Å². The van der Waals surface area contributed by atoms with Gasteiger partial charge in [-0.15, -0.1) is 5.10 Å². The van der Waals surface area contributed by atoms with Crippen LogP contribution in [0.1, 0.15) is 11.4 Å². The highest BCUT2D eigenvalue weighted by molar-refractivity contribution is 5.18. The molecule has 6 nitrogen and oxygen atoms in total. The first kappa shape index (κ1) is 7.78. The first-order valence-corrected chi connectivity index (χ1v) is 3.90. The molecule has 0 aliphatic heterocycles. The number of nitrogens with one attached hydrogen (secondary N) is 1. The Morgan fingerprint density at radius 1 is 1.62 bits per heavy atom. The zero-order valence-corrected chi connectivity index (χ0v) is 7.23. The molecular weight excluding hydrogens is 168 g/mol. The van der Waals surface area contributed by atoms with Crippen LogP contribution >= 0.6 is 0 Å². The molecule has 0 amide bonds. The van der Waals surface area contributed by atoms with Crippen LogP contribution in [0.5, 0.6) is 0 Å². The fourth-order valence-corrected chi connectivity index (χ4v) is 1.10. The van der Waals surface area contributed by atoms with E-state index in [1.165, 1.54) is 0 Å². The Balaban J connectivity index is 2.14. The number of anilines is 1. The number of aryl methyl sites for hydroxylation is 1. The molecule has 2 rings (SSSR count). The number of nitrogens with zero attached hydrogens (tertiary/aromatic N) is 4. The first-order valence-electron chi connectivity index (χ1n) is 3.90. The predicted octanol–water partition coefficient (Wildman–Crippen LogP) is -0.0599. The molecule has 2 aromatic heterocycles. The molecule has 3 N–H and O–H groups in total. The third kappa shape index (κ3) is 1.66. The second-order valence-corrected chi connectivity index (χ2v) is 2.83. The van der Waals surface area contributed by atoms with Crippen molar-refractivity contribution < 1.29 is 0 Å². The second kappa shape index (κ2) is 2.89. The summed E-state index contributed by atoms with van der Waals surface area (Å²) in [6.07, 6.45) is 3.61. The molecule has 68 valence electrons. The number of H-pyrrole nitrogens is 1. The number of nitrogen functional groups attached to an aromatic ring is 1. The molecule has 0 radical (unpaired) electrons. The van der Waals surface area contributed by atoms with Gasteiger partial charge in [0, 0.05) is 12.4 Å². The van der Waals surface area contributed by atoms with Crippen LogP contribution in [0.4, 0.5) is 5.95 Å². The van der Waals surface area contributed by atoms with Crippen molar-refractivity contribution in [2.45, 2.75) is 13.5 Å². The lowest BCUT2D eigenvalue weighted by molar-refractivity contribution is 0.641. The van der Waals surface area contributed by atoms with Gasteiger partial charge in [-0.05, 0) is 6.92 Å². The molecule has 0 aliphatic carbocycles. The molecule has 2 aromatic rings. The highest BCUT2D eigenvalue weighted by Crippen LogP contribution is 2.00. The van der Waals surface area contributed by atoms with Gasteiger partial charge in [0.15, 0.2) is 5.95 Å². The maximum Gasteiger partial charge on any atom is 0.197 e. The predicted molar refractivity (Wildman–Crippen MR) is 46.9 cm³/mol. The number of aromatic amines is 1. The van der Waals surface area contributed by atoms with Crippen molar-refractivity contribution in [1.29, 1.82) is 0 Å². The summed E-state index contributed by atoms with van der Waals surface area (Å²) in [5.41, 5.74) is 7.17. The number of nitrogens with two attached hydrogens (primary N) is 1. The molecule has 0 aromatic carbocycles. The molecule has 0 saturated carbocycles. The van der Waals surface area contributed by atoms with Gasteiger partial charge < -0.3 is 10.7 Å². The summed E-state index contributed by atoms with van der Waals surface area (Å²) in [6.45, 7) is 2.48. The number of hydrogen-bond donors (Lipinski definition) is 2. The maximum atomic E-state index is 5.43. The molecular formula is C7H10N6. The van der Waals surface area contributed by atoms with Crippen molar-refractivity contribution in [2.75, 3.05) is 5.73 Å². The van der Waals surface area contributed by atoms with E-state index in [0.29, 0.717) is 12.5 Å². The van der Waals surface area contributed by atoms with E-state index in [0.717, 1.165) is 11.4 Å². The van der Waals surface area contributed by atoms with E-state index < -0.39 is 0 Å². The molecule has 0 saturated heterocycles. The Morgan fingerprint density at radius 3 is 3.00 bits per heavy atom. The fourth-order valence-electron chi connectivity index (χ4n) is 1.10. The number of rotatable bonds is 2. The lowest BCUT2D eigenvalue weighted by Gasteiger charge is -1.93. The fraction of sp³-hybridized carbons (Fsp3) is 0.286. The Labute approximate surface area is 74.8 Å². The van der Waals surface area contributed by atoms with Crippen LogP contribution in [0.2, 0.25) is 0 Å². The van der Waals surface area contributed by atoms with Crippen LogP contribution in [-0.4, -0.2) is 25.0 Å². The quantitative estimate of drug-likeness (QED) is 0.674. The number of aromatic nitrogens is 5. The van der Waals surface area contributed by atoms with Gasteiger partial charge in [-0.2, -0.15) is 0 Å². The van der Waals surface area contributed by atoms with Gasteiger partial charge in [0.2, 0.25) is 0 Å². The molecule has 0 spiro atoms. The summed E-state index contributed by atoms with van der Waals surface area (Å²) in [4.78, 5) is 6.85. The average Bonchev–Trinajstić information content (AvgIpc) is 2.62. The summed E-state index contributed by atoms with van der Waals surface area (Å²) in [6, 6.07) is 0. The molecule has 6 heteroatoms. The minimum Gasteiger partial charge on any atom is -0.369 e. The van der Waals surface area contributed by atoms with Gasteiger partial charge in [-0.1, -0.05) is 5.21 Å². The summed E-state index contributed by atoms with van der Waals surface area (Å²) in [7, 11) is 0. The molecule has 0 fully saturated rings. The SMILES string of the molecule is Cc1cn(Cc2c[nH]c(N)n2)nn1. The molecule has 13 heavy (non-hydrogen) atoms. The summed E-state index contributed by atoms with van der Waals surface area (Å²) in [5, 5.41) is 7.76. The number of imidazole rings is 1. The van der Waals surface area contributed by atoms with E-state index in [2.05, 4.69) is 20.3 Å². The Morgan fingerprint density at radius 2 is 2.46 bits per heavy atom. The van der Waals surface area contributed by atoms with E-state index in [1.807, 2.05) is 13.1 Å². The van der Waals surface area contributed by atoms with Crippen LogP contribution in [0, 0.1) is 6.92 Å². The molecule has 2 heterocycles. The smallest absolute Gasteiger partial charge is 0.197 e. The van der Waals surface area contributed by atoms with Gasteiger partial charge in [0.25, 0.3) is 0 Å². The monoisotopic (exact) mass is 178 g/mol. The third-order valence-corrected chi connectivity index (χ3v) is 1.63. The van der Waals surface area contributed by atoms with Crippen molar-refractivity contribution in [2.24, 2.45) is 0 Å². The highest BCUT2D eigenvalue weighted by Gasteiger charge is 2.00. The van der Waals surface area contributed by atoms with Crippen molar-refractivity contribution in [1.82, 2.24) is 25.0 Å². The van der Waals surface area contributed by atoms with Gasteiger partial charge in [-0.25, -0.2) is 9.67 Å². The second-order valence-electron chi connectivity index (χ2n) is 2.83. The zero-order chi connectivity index (χ0) is 9.26. The first-order chi connectivity index (χ1) is 6.24. The summed E-state index contributed by atoms with van der Waals surface area (Å²) in [5.74, 6) is 0.423. The molecule has 0 aliphatic rings. The largest absolute Gasteiger partial charge is 0.369 e. The topological polar surface area (TPSA) is 85.4 Å². The normalized spacial score (nSPS) is 10.5. The molecule has 0 bridgehead atoms. The van der Waals surface area contributed by atoms with Gasteiger partial charge in [0.1, 0.15) is 0 Å². The van der Waals surface area contributed by atoms with Gasteiger partial charge >= 0.3 is 0 Å². The summed E-state index contributed by atoms with van der Waals surface area (Å²) < 4.78 is 1.71. The summed E-state index contributed by atoms with van der Waals surface area (Å²) >= 11 is 0. The number of hydrogen-bond acceptors (Lipinski definition) is 4. The van der Waals surface area contributed by atoms with Crippen LogP contribution in [0.25, 0.3) is 0 Å². The van der Waals surface area contributed by atoms with Crippen molar-refractivity contribution in [3.05, 3.63) is 23.8 Å². The van der Waals surface area contributed by atoms with Crippen LogP contribution in [0.15, 0.2) is 12.4 Å². The zero-order valence-electron chi connectivity index (χ0n) is 7.23. The van der Waals surface area contributed by atoms with Crippen molar-refractivity contribution >= 4 is 5.95 Å². The third-order valence-electron chi connectivity index (χ3n) is 1.63. The minimum absolute atomic E-state index is 0.423. The lowest BCUT2D eigenvalue weighted by atomic mass is 10.5. The standard InChI is InChI=1S/C7H10N6/c1-5-3-13(12-11-5)4-6-2-9-7(8)10-6/h2-3H,4H2,1H3,(H3,8,9,10). The van der Waals surface area contributed by atoms with E-state index in [1.54, 1.807) is 10.9 Å².